The summed E-state index contributed by atoms with van der Waals surface area (Å²) in [5.74, 6) is 1.75. The van der Waals surface area contributed by atoms with Gasteiger partial charge >= 0.3 is 0 Å². The normalized spacial score (nSPS) is 20.5. The number of carbonyl (C=O) groups excluding carboxylic acids is 1. The summed E-state index contributed by atoms with van der Waals surface area (Å²) in [5, 5.41) is 0. The van der Waals surface area contributed by atoms with Crippen molar-refractivity contribution < 1.29 is 14.3 Å². The van der Waals surface area contributed by atoms with Crippen molar-refractivity contribution in [2.75, 3.05) is 18.6 Å². The molecule has 2 unspecified atom stereocenters. The van der Waals surface area contributed by atoms with E-state index in [-0.39, 0.29) is 18.1 Å². The molecule has 0 saturated carbocycles. The molecule has 1 fully saturated rings. The number of benzene rings is 3. The number of rotatable bonds is 5. The third-order valence-electron chi connectivity index (χ3n) is 6.09. The summed E-state index contributed by atoms with van der Waals surface area (Å²) in [6, 6.07) is 25.8. The number of ether oxygens (including phenoxy) is 2. The molecule has 3 aromatic rings. The Hall–Kier alpha value is -3.31. The van der Waals surface area contributed by atoms with E-state index in [1.165, 1.54) is 0 Å². The predicted octanol–water partition coefficient (Wildman–Crippen LogP) is 4.26. The fourth-order valence-corrected chi connectivity index (χ4v) is 4.53. The maximum absolute atomic E-state index is 13.8. The van der Waals surface area contributed by atoms with E-state index in [4.69, 9.17) is 9.47 Å². The molecule has 0 aliphatic carbocycles. The molecule has 2 atom stereocenters. The standard InChI is InChI=1S/C26H26N2O3/c1-30-21-13-11-20(12-14-21)16-27-18-22-15-24(27)26(29)28(17-19-7-3-2-4-8-19)23-9-5-6-10-25(23)31-22/h2-14,22,24H,15-18H2,1H3. The lowest BCUT2D eigenvalue weighted by molar-refractivity contribution is -0.123. The molecule has 0 aromatic heterocycles. The Labute approximate surface area is 182 Å². The minimum absolute atomic E-state index is 0.00669. The third-order valence-corrected chi connectivity index (χ3v) is 6.09. The predicted molar refractivity (Wildman–Crippen MR) is 120 cm³/mol. The number of likely N-dealkylation sites (tertiary alicyclic amines) is 1. The largest absolute Gasteiger partial charge is 0.497 e. The van der Waals surface area contributed by atoms with Crippen molar-refractivity contribution in [2.45, 2.75) is 31.7 Å². The van der Waals surface area contributed by atoms with E-state index in [2.05, 4.69) is 29.2 Å². The van der Waals surface area contributed by atoms with Gasteiger partial charge < -0.3 is 14.4 Å². The van der Waals surface area contributed by atoms with Crippen molar-refractivity contribution >= 4 is 11.6 Å². The molecule has 5 nitrogen and oxygen atoms in total. The molecule has 0 spiro atoms. The van der Waals surface area contributed by atoms with Crippen LogP contribution in [0.1, 0.15) is 17.5 Å². The number of anilines is 1. The number of hydrogen-bond donors (Lipinski definition) is 0. The first-order valence-corrected chi connectivity index (χ1v) is 10.7. The topological polar surface area (TPSA) is 42.0 Å². The van der Waals surface area contributed by atoms with Crippen LogP contribution in [0.15, 0.2) is 78.9 Å². The van der Waals surface area contributed by atoms with Gasteiger partial charge in [-0.05, 0) is 35.4 Å². The van der Waals surface area contributed by atoms with E-state index in [9.17, 15) is 4.79 Å². The van der Waals surface area contributed by atoms with Crippen LogP contribution < -0.4 is 14.4 Å². The number of hydrogen-bond acceptors (Lipinski definition) is 4. The second kappa shape index (κ2) is 8.44. The van der Waals surface area contributed by atoms with E-state index in [1.807, 2.05) is 59.5 Å². The highest BCUT2D eigenvalue weighted by Gasteiger charge is 2.42. The van der Waals surface area contributed by atoms with Crippen LogP contribution in [-0.4, -0.2) is 36.6 Å². The van der Waals surface area contributed by atoms with Gasteiger partial charge in [0.1, 0.15) is 17.6 Å². The SMILES string of the molecule is COc1ccc(CN2CC3CC2C(=O)N(Cc2ccccc2)c2ccccc2O3)cc1. The number of methoxy groups -OCH3 is 1. The molecule has 2 aliphatic rings. The van der Waals surface area contributed by atoms with E-state index in [1.54, 1.807) is 7.11 Å². The summed E-state index contributed by atoms with van der Waals surface area (Å²) in [6.07, 6.45) is 0.710. The molecule has 5 rings (SSSR count). The van der Waals surface area contributed by atoms with E-state index < -0.39 is 0 Å². The zero-order valence-electron chi connectivity index (χ0n) is 17.6. The van der Waals surface area contributed by atoms with Gasteiger partial charge in [0.2, 0.25) is 5.91 Å². The van der Waals surface area contributed by atoms with Crippen molar-refractivity contribution in [3.05, 3.63) is 90.0 Å². The van der Waals surface area contributed by atoms with Gasteiger partial charge in [-0.2, -0.15) is 0 Å². The Morgan fingerprint density at radius 2 is 1.61 bits per heavy atom. The van der Waals surface area contributed by atoms with Gasteiger partial charge in [-0.25, -0.2) is 0 Å². The van der Waals surface area contributed by atoms with Crippen LogP contribution in [0.3, 0.4) is 0 Å². The summed E-state index contributed by atoms with van der Waals surface area (Å²) < 4.78 is 11.7. The van der Waals surface area contributed by atoms with Crippen LogP contribution in [0.25, 0.3) is 0 Å². The van der Waals surface area contributed by atoms with Crippen LogP contribution in [0.4, 0.5) is 5.69 Å². The third kappa shape index (κ3) is 4.01. The molecule has 3 aromatic carbocycles. The van der Waals surface area contributed by atoms with Gasteiger partial charge in [0, 0.05) is 19.5 Å². The van der Waals surface area contributed by atoms with Crippen LogP contribution in [-0.2, 0) is 17.9 Å². The smallest absolute Gasteiger partial charge is 0.244 e. The van der Waals surface area contributed by atoms with Crippen LogP contribution in [0, 0.1) is 0 Å². The van der Waals surface area contributed by atoms with Crippen LogP contribution >= 0.6 is 0 Å². The number of nitrogens with zero attached hydrogens (tertiary/aromatic N) is 2. The van der Waals surface area contributed by atoms with Crippen molar-refractivity contribution in [1.29, 1.82) is 0 Å². The maximum atomic E-state index is 13.8. The Kier molecular flexibility index (Phi) is 5.35. The lowest BCUT2D eigenvalue weighted by Gasteiger charge is -2.32. The second-order valence-corrected chi connectivity index (χ2v) is 8.15. The zero-order valence-corrected chi connectivity index (χ0v) is 17.6. The van der Waals surface area contributed by atoms with Crippen molar-refractivity contribution in [3.63, 3.8) is 0 Å². The number of para-hydroxylation sites is 2. The second-order valence-electron chi connectivity index (χ2n) is 8.15. The summed E-state index contributed by atoms with van der Waals surface area (Å²) in [4.78, 5) is 18.0. The zero-order chi connectivity index (χ0) is 21.2. The number of amides is 1. The van der Waals surface area contributed by atoms with Gasteiger partial charge in [0.05, 0.1) is 25.4 Å². The fraction of sp³-hybridized carbons (Fsp3) is 0.269. The minimum Gasteiger partial charge on any atom is -0.497 e. The molecule has 2 aliphatic heterocycles. The molecule has 1 amide bonds. The number of carbonyl (C=O) groups is 1. The Morgan fingerprint density at radius 3 is 2.39 bits per heavy atom. The van der Waals surface area contributed by atoms with Gasteiger partial charge in [-0.1, -0.05) is 54.6 Å². The molecule has 0 radical (unpaired) electrons. The van der Waals surface area contributed by atoms with Crippen LogP contribution in [0.5, 0.6) is 11.5 Å². The highest BCUT2D eigenvalue weighted by atomic mass is 16.5. The Bertz CT molecular complexity index is 1050. The molecule has 1 saturated heterocycles. The quantitative estimate of drug-likeness (QED) is 0.626. The fourth-order valence-electron chi connectivity index (χ4n) is 4.53. The van der Waals surface area contributed by atoms with E-state index in [0.717, 1.165) is 34.9 Å². The van der Waals surface area contributed by atoms with Gasteiger partial charge in [-0.3, -0.25) is 9.69 Å². The average molecular weight is 415 g/mol. The molecular weight excluding hydrogens is 388 g/mol. The highest BCUT2D eigenvalue weighted by molar-refractivity contribution is 5.99. The molecule has 158 valence electrons. The summed E-state index contributed by atoms with van der Waals surface area (Å²) in [6.45, 7) is 1.96. The van der Waals surface area contributed by atoms with Crippen molar-refractivity contribution in [3.8, 4) is 11.5 Å². The Balaban J connectivity index is 1.45. The van der Waals surface area contributed by atoms with Gasteiger partial charge in [0.25, 0.3) is 0 Å². The molecule has 0 N–H and O–H groups in total. The molecular formula is C26H26N2O3. The minimum atomic E-state index is -0.204. The van der Waals surface area contributed by atoms with E-state index in [0.29, 0.717) is 19.5 Å². The highest BCUT2D eigenvalue weighted by Crippen LogP contribution is 2.37. The van der Waals surface area contributed by atoms with Crippen LogP contribution in [0.2, 0.25) is 0 Å². The van der Waals surface area contributed by atoms with Crippen molar-refractivity contribution in [2.24, 2.45) is 0 Å². The summed E-state index contributed by atoms with van der Waals surface area (Å²) in [7, 11) is 1.67. The molecule has 2 bridgehead atoms. The first kappa shape index (κ1) is 19.6. The molecule has 31 heavy (non-hydrogen) atoms. The average Bonchev–Trinajstić information content (AvgIpc) is 3.21. The molecule has 2 heterocycles. The summed E-state index contributed by atoms with van der Waals surface area (Å²) in [5.41, 5.74) is 3.10. The summed E-state index contributed by atoms with van der Waals surface area (Å²) >= 11 is 0. The Morgan fingerprint density at radius 1 is 0.903 bits per heavy atom. The van der Waals surface area contributed by atoms with E-state index >= 15 is 0 Å². The maximum Gasteiger partial charge on any atom is 0.244 e. The van der Waals surface area contributed by atoms with Gasteiger partial charge in [0.15, 0.2) is 0 Å². The lowest BCUT2D eigenvalue weighted by atomic mass is 10.1. The monoisotopic (exact) mass is 414 g/mol. The number of fused-ring (bicyclic) bond motifs is 3. The molecule has 5 heteroatoms. The van der Waals surface area contributed by atoms with Gasteiger partial charge in [-0.15, -0.1) is 0 Å². The van der Waals surface area contributed by atoms with Crippen molar-refractivity contribution in [1.82, 2.24) is 4.90 Å². The lowest BCUT2D eigenvalue weighted by Crippen LogP contribution is -2.45. The first-order valence-electron chi connectivity index (χ1n) is 10.7. The first-order chi connectivity index (χ1) is 15.2.